The summed E-state index contributed by atoms with van der Waals surface area (Å²) in [6, 6.07) is 16.2. The lowest BCUT2D eigenvalue weighted by atomic mass is 10.1. The summed E-state index contributed by atoms with van der Waals surface area (Å²) >= 11 is 0. The van der Waals surface area contributed by atoms with Crippen molar-refractivity contribution in [3.63, 3.8) is 0 Å². The van der Waals surface area contributed by atoms with Gasteiger partial charge >= 0.3 is 5.97 Å². The van der Waals surface area contributed by atoms with Gasteiger partial charge in [0.15, 0.2) is 6.61 Å². The molecule has 0 saturated carbocycles. The average Bonchev–Trinajstić information content (AvgIpc) is 3.10. The van der Waals surface area contributed by atoms with Crippen LogP contribution in [0.3, 0.4) is 0 Å². The van der Waals surface area contributed by atoms with Crippen LogP contribution in [0.1, 0.15) is 13.3 Å². The minimum Gasteiger partial charge on any atom is -0.492 e. The van der Waals surface area contributed by atoms with E-state index in [0.717, 1.165) is 5.69 Å². The number of nitrogens with one attached hydrogen (secondary N) is 1. The second kappa shape index (κ2) is 9.03. The number of hydrogen-bond acceptors (Lipinski definition) is 5. The first kappa shape index (κ1) is 19.4. The monoisotopic (exact) mass is 382 g/mol. The third kappa shape index (κ3) is 4.68. The highest BCUT2D eigenvalue weighted by molar-refractivity contribution is 6.00. The number of carbonyl (C=O) groups is 3. The van der Waals surface area contributed by atoms with Crippen molar-refractivity contribution >= 4 is 29.2 Å². The maximum Gasteiger partial charge on any atom is 0.311 e. The predicted octanol–water partition coefficient (Wildman–Crippen LogP) is 2.62. The standard InChI is InChI=1S/C21H22N2O5/c1-2-27-18-11-7-6-10-17(18)22-19(24)14-28-21(26)15-12-20(25)23(13-15)16-8-4-3-5-9-16/h3-11,15H,2,12-14H2,1H3,(H,22,24)/t15-/m0/s1. The molecule has 1 fully saturated rings. The van der Waals surface area contributed by atoms with Crippen molar-refractivity contribution in [2.45, 2.75) is 13.3 Å². The molecule has 1 atom stereocenters. The van der Waals surface area contributed by atoms with Crippen LogP contribution in [-0.4, -0.2) is 37.5 Å². The van der Waals surface area contributed by atoms with E-state index < -0.39 is 24.4 Å². The smallest absolute Gasteiger partial charge is 0.311 e. The first-order valence-corrected chi connectivity index (χ1v) is 9.12. The van der Waals surface area contributed by atoms with E-state index in [1.54, 1.807) is 29.2 Å². The molecule has 2 aromatic carbocycles. The number of carbonyl (C=O) groups excluding carboxylic acids is 3. The van der Waals surface area contributed by atoms with E-state index in [1.165, 1.54) is 0 Å². The summed E-state index contributed by atoms with van der Waals surface area (Å²) in [7, 11) is 0. The van der Waals surface area contributed by atoms with Crippen molar-refractivity contribution < 1.29 is 23.9 Å². The Labute approximate surface area is 163 Å². The van der Waals surface area contributed by atoms with Crippen molar-refractivity contribution in [1.29, 1.82) is 0 Å². The fourth-order valence-corrected chi connectivity index (χ4v) is 3.02. The second-order valence-electron chi connectivity index (χ2n) is 6.33. The molecule has 146 valence electrons. The van der Waals surface area contributed by atoms with Crippen LogP contribution < -0.4 is 15.0 Å². The zero-order valence-corrected chi connectivity index (χ0v) is 15.6. The Bertz CT molecular complexity index is 853. The average molecular weight is 382 g/mol. The van der Waals surface area contributed by atoms with Gasteiger partial charge in [0.2, 0.25) is 5.91 Å². The van der Waals surface area contributed by atoms with Crippen LogP contribution >= 0.6 is 0 Å². The predicted molar refractivity (Wildman–Crippen MR) is 104 cm³/mol. The summed E-state index contributed by atoms with van der Waals surface area (Å²) in [6.45, 7) is 2.14. The van der Waals surface area contributed by atoms with E-state index in [0.29, 0.717) is 18.0 Å². The molecule has 1 N–H and O–H groups in total. The fraction of sp³-hybridized carbons (Fsp3) is 0.286. The SMILES string of the molecule is CCOc1ccccc1NC(=O)COC(=O)[C@H]1CC(=O)N(c2ccccc2)C1. The zero-order valence-electron chi connectivity index (χ0n) is 15.6. The van der Waals surface area contributed by atoms with Gasteiger partial charge in [0.1, 0.15) is 5.75 Å². The van der Waals surface area contributed by atoms with Crippen LogP contribution in [0.15, 0.2) is 54.6 Å². The highest BCUT2D eigenvalue weighted by Crippen LogP contribution is 2.26. The Hall–Kier alpha value is -3.35. The van der Waals surface area contributed by atoms with E-state index in [-0.39, 0.29) is 18.9 Å². The molecule has 7 nitrogen and oxygen atoms in total. The number of amides is 2. The molecule has 3 rings (SSSR count). The van der Waals surface area contributed by atoms with Gasteiger partial charge in [0.25, 0.3) is 5.91 Å². The van der Waals surface area contributed by atoms with Gasteiger partial charge in [-0.3, -0.25) is 14.4 Å². The lowest BCUT2D eigenvalue weighted by Crippen LogP contribution is -2.28. The van der Waals surface area contributed by atoms with E-state index in [2.05, 4.69) is 5.32 Å². The van der Waals surface area contributed by atoms with E-state index in [1.807, 2.05) is 37.3 Å². The van der Waals surface area contributed by atoms with Crippen LogP contribution in [0.25, 0.3) is 0 Å². The minimum atomic E-state index is -0.587. The number of anilines is 2. The third-order valence-electron chi connectivity index (χ3n) is 4.33. The molecule has 2 amide bonds. The molecule has 0 aliphatic carbocycles. The molecule has 0 unspecified atom stereocenters. The normalized spacial score (nSPS) is 16.0. The Morgan fingerprint density at radius 1 is 1.11 bits per heavy atom. The molecule has 0 spiro atoms. The molecule has 2 aromatic rings. The Morgan fingerprint density at radius 3 is 2.57 bits per heavy atom. The first-order chi connectivity index (χ1) is 13.6. The van der Waals surface area contributed by atoms with E-state index in [4.69, 9.17) is 9.47 Å². The first-order valence-electron chi connectivity index (χ1n) is 9.12. The van der Waals surface area contributed by atoms with Crippen LogP contribution in [0.5, 0.6) is 5.75 Å². The fourth-order valence-electron chi connectivity index (χ4n) is 3.02. The molecule has 0 aromatic heterocycles. The number of esters is 1. The summed E-state index contributed by atoms with van der Waals surface area (Å²) in [5.41, 5.74) is 1.25. The molecule has 1 aliphatic rings. The lowest BCUT2D eigenvalue weighted by Gasteiger charge is -2.16. The van der Waals surface area contributed by atoms with Gasteiger partial charge in [-0.05, 0) is 31.2 Å². The van der Waals surface area contributed by atoms with Crippen molar-refractivity contribution in [1.82, 2.24) is 0 Å². The van der Waals surface area contributed by atoms with Gasteiger partial charge in [-0.15, -0.1) is 0 Å². The van der Waals surface area contributed by atoms with Crippen molar-refractivity contribution in [2.75, 3.05) is 30.0 Å². The lowest BCUT2D eigenvalue weighted by molar-refractivity contribution is -0.151. The summed E-state index contributed by atoms with van der Waals surface area (Å²) in [5, 5.41) is 2.67. The van der Waals surface area contributed by atoms with Crippen molar-refractivity contribution in [3.8, 4) is 5.75 Å². The molecule has 0 radical (unpaired) electrons. The quantitative estimate of drug-likeness (QED) is 0.744. The topological polar surface area (TPSA) is 84.9 Å². The van der Waals surface area contributed by atoms with Gasteiger partial charge in [-0.1, -0.05) is 30.3 Å². The maximum atomic E-state index is 12.3. The van der Waals surface area contributed by atoms with Crippen LogP contribution in [0, 0.1) is 5.92 Å². The van der Waals surface area contributed by atoms with Crippen molar-refractivity contribution in [2.24, 2.45) is 5.92 Å². The largest absolute Gasteiger partial charge is 0.492 e. The second-order valence-corrected chi connectivity index (χ2v) is 6.33. The van der Waals surface area contributed by atoms with Crippen molar-refractivity contribution in [3.05, 3.63) is 54.6 Å². The number of benzene rings is 2. The van der Waals surface area contributed by atoms with Gasteiger partial charge in [0.05, 0.1) is 18.2 Å². The molecule has 0 bridgehead atoms. The molecule has 1 saturated heterocycles. The Morgan fingerprint density at radius 2 is 1.82 bits per heavy atom. The molecule has 7 heteroatoms. The number of para-hydroxylation sites is 3. The summed E-state index contributed by atoms with van der Waals surface area (Å²) < 4.78 is 10.6. The van der Waals surface area contributed by atoms with Crippen LogP contribution in [-0.2, 0) is 19.1 Å². The summed E-state index contributed by atoms with van der Waals surface area (Å²) in [5.74, 6) is -1.20. The highest BCUT2D eigenvalue weighted by Gasteiger charge is 2.36. The number of hydrogen-bond donors (Lipinski definition) is 1. The Kier molecular flexibility index (Phi) is 6.26. The van der Waals surface area contributed by atoms with Crippen LogP contribution in [0.2, 0.25) is 0 Å². The van der Waals surface area contributed by atoms with E-state index >= 15 is 0 Å². The number of nitrogens with zero attached hydrogens (tertiary/aromatic N) is 1. The highest BCUT2D eigenvalue weighted by atomic mass is 16.5. The number of rotatable bonds is 7. The zero-order chi connectivity index (χ0) is 19.9. The van der Waals surface area contributed by atoms with Gasteiger partial charge in [-0.25, -0.2) is 0 Å². The minimum absolute atomic E-state index is 0.0719. The Balaban J connectivity index is 1.52. The van der Waals surface area contributed by atoms with Gasteiger partial charge < -0.3 is 19.7 Å². The molecule has 28 heavy (non-hydrogen) atoms. The molecular formula is C21H22N2O5. The molecule has 1 aliphatic heterocycles. The maximum absolute atomic E-state index is 12.3. The third-order valence-corrected chi connectivity index (χ3v) is 4.33. The van der Waals surface area contributed by atoms with Crippen LogP contribution in [0.4, 0.5) is 11.4 Å². The molecular weight excluding hydrogens is 360 g/mol. The van der Waals surface area contributed by atoms with Gasteiger partial charge in [-0.2, -0.15) is 0 Å². The number of ether oxygens (including phenoxy) is 2. The summed E-state index contributed by atoms with van der Waals surface area (Å²) in [6.07, 6.45) is 0.0719. The summed E-state index contributed by atoms with van der Waals surface area (Å²) in [4.78, 5) is 38.2. The van der Waals surface area contributed by atoms with E-state index in [9.17, 15) is 14.4 Å². The molecule has 1 heterocycles. The van der Waals surface area contributed by atoms with Gasteiger partial charge in [0, 0.05) is 18.7 Å².